The summed E-state index contributed by atoms with van der Waals surface area (Å²) < 4.78 is 0. The van der Waals surface area contributed by atoms with Crippen LogP contribution in [0.5, 0.6) is 0 Å². The van der Waals surface area contributed by atoms with Crippen molar-refractivity contribution in [2.45, 2.75) is 13.8 Å². The highest BCUT2D eigenvalue weighted by molar-refractivity contribution is 6.42. The maximum Gasteiger partial charge on any atom is 0.323 e. The fourth-order valence-corrected chi connectivity index (χ4v) is 2.32. The Morgan fingerprint density at radius 2 is 1.06 bits per heavy atom. The van der Waals surface area contributed by atoms with Crippen LogP contribution in [0.3, 0.4) is 0 Å². The van der Waals surface area contributed by atoms with Gasteiger partial charge in [0, 0.05) is 17.1 Å². The van der Waals surface area contributed by atoms with E-state index in [9.17, 15) is 9.59 Å². The van der Waals surface area contributed by atoms with E-state index in [0.717, 1.165) is 5.56 Å². The van der Waals surface area contributed by atoms with Gasteiger partial charge in [0.25, 0.3) is 5.91 Å². The Balaban J connectivity index is 1.92. The highest BCUT2D eigenvalue weighted by atomic mass is 16.2. The zero-order chi connectivity index (χ0) is 24.4. The Labute approximate surface area is 189 Å². The summed E-state index contributed by atoms with van der Waals surface area (Å²) in [5.74, 6) is -0.856. The fourth-order valence-electron chi connectivity index (χ4n) is 2.32. The number of carbonyl (C=O) groups is 2. The van der Waals surface area contributed by atoms with Gasteiger partial charge in [-0.1, -0.05) is 12.1 Å². The third-order valence-electron chi connectivity index (χ3n) is 3.92. The van der Waals surface area contributed by atoms with E-state index in [0.29, 0.717) is 22.8 Å². The molecule has 0 fully saturated rings. The molecule has 2 rings (SSSR count). The van der Waals surface area contributed by atoms with Gasteiger partial charge in [-0.05, 0) is 55.8 Å². The smallest absolute Gasteiger partial charge is 0.323 e. The van der Waals surface area contributed by atoms with Gasteiger partial charge < -0.3 is 38.9 Å². The van der Waals surface area contributed by atoms with Crippen LogP contribution in [0, 0.1) is 0 Å². The molecule has 3 amide bonds. The van der Waals surface area contributed by atoms with E-state index in [1.807, 2.05) is 0 Å². The van der Waals surface area contributed by atoms with Gasteiger partial charge in [-0.3, -0.25) is 4.79 Å². The highest BCUT2D eigenvalue weighted by Crippen LogP contribution is 2.15. The van der Waals surface area contributed by atoms with E-state index in [1.165, 1.54) is 6.92 Å². The minimum atomic E-state index is -0.472. The lowest BCUT2D eigenvalue weighted by molar-refractivity contribution is -0.110. The van der Waals surface area contributed by atoms with Crippen molar-refractivity contribution in [3.8, 4) is 0 Å². The number of urea groups is 1. The molecule has 0 aliphatic carbocycles. The number of guanidine groups is 2. The third-order valence-corrected chi connectivity index (χ3v) is 3.92. The van der Waals surface area contributed by atoms with Crippen LogP contribution in [0.4, 0.5) is 21.9 Å². The SMILES string of the molecule is CC(=NN=C(N)N)C(=O)Nc1ccc(NC(=O)Nc2ccc(C(C)=NN=C(N)N)cc2)cc1. The van der Waals surface area contributed by atoms with E-state index < -0.39 is 11.9 Å². The first-order valence-electron chi connectivity index (χ1n) is 9.50. The molecule has 0 spiro atoms. The van der Waals surface area contributed by atoms with Crippen LogP contribution in [-0.4, -0.2) is 35.3 Å². The van der Waals surface area contributed by atoms with Gasteiger partial charge in [-0.15, -0.1) is 15.3 Å². The van der Waals surface area contributed by atoms with Gasteiger partial charge in [0.2, 0.25) is 11.9 Å². The van der Waals surface area contributed by atoms with Crippen molar-refractivity contribution in [2.75, 3.05) is 16.0 Å². The maximum atomic E-state index is 12.2. The Morgan fingerprint density at radius 1 is 0.636 bits per heavy atom. The Morgan fingerprint density at radius 3 is 1.55 bits per heavy atom. The molecular weight excluding hydrogens is 426 g/mol. The molecule has 13 nitrogen and oxygen atoms in total. The Bertz CT molecular complexity index is 1110. The van der Waals surface area contributed by atoms with Crippen molar-refractivity contribution in [2.24, 2.45) is 43.3 Å². The van der Waals surface area contributed by atoms with E-state index in [-0.39, 0.29) is 17.6 Å². The monoisotopic (exact) mass is 451 g/mol. The lowest BCUT2D eigenvalue weighted by atomic mass is 10.1. The third kappa shape index (κ3) is 8.37. The second-order valence-electron chi connectivity index (χ2n) is 6.61. The second kappa shape index (κ2) is 11.5. The van der Waals surface area contributed by atoms with Crippen LogP contribution in [0.15, 0.2) is 68.9 Å². The minimum Gasteiger partial charge on any atom is -0.369 e. The van der Waals surface area contributed by atoms with Crippen molar-refractivity contribution < 1.29 is 9.59 Å². The van der Waals surface area contributed by atoms with Gasteiger partial charge >= 0.3 is 6.03 Å². The average Bonchev–Trinajstić information content (AvgIpc) is 2.77. The number of carbonyl (C=O) groups excluding carboxylic acids is 2. The molecule has 0 bridgehead atoms. The van der Waals surface area contributed by atoms with Crippen molar-refractivity contribution in [1.29, 1.82) is 0 Å². The molecule has 0 saturated heterocycles. The predicted octanol–water partition coefficient (Wildman–Crippen LogP) is 0.916. The summed E-state index contributed by atoms with van der Waals surface area (Å²) in [5, 5.41) is 22.6. The summed E-state index contributed by atoms with van der Waals surface area (Å²) >= 11 is 0. The lowest BCUT2D eigenvalue weighted by Gasteiger charge is -2.09. The minimum absolute atomic E-state index is 0.0775. The van der Waals surface area contributed by atoms with E-state index in [2.05, 4.69) is 36.4 Å². The highest BCUT2D eigenvalue weighted by Gasteiger charge is 2.08. The van der Waals surface area contributed by atoms with Gasteiger partial charge in [0.05, 0.1) is 5.71 Å². The zero-order valence-corrected chi connectivity index (χ0v) is 18.0. The first-order chi connectivity index (χ1) is 15.6. The van der Waals surface area contributed by atoms with E-state index in [4.69, 9.17) is 22.9 Å². The molecule has 0 unspecified atom stereocenters. The number of nitrogens with one attached hydrogen (secondary N) is 3. The summed E-state index contributed by atoms with van der Waals surface area (Å²) in [7, 11) is 0. The summed E-state index contributed by atoms with van der Waals surface area (Å²) in [6, 6.07) is 13.0. The predicted molar refractivity (Wildman–Crippen MR) is 131 cm³/mol. The molecule has 0 aliphatic heterocycles. The standard InChI is InChI=1S/C20H25N11O2/c1-11(28-30-18(21)22)13-3-5-15(6-4-13)26-20(33)27-16-9-7-14(8-10-16)25-17(32)12(2)29-31-19(23)24/h3-10H,1-2H3,(H,25,32)(H4,21,22,30)(H4,23,24,31)(H2,26,27,33). The molecule has 0 aromatic heterocycles. The van der Waals surface area contributed by atoms with Crippen LogP contribution in [0.1, 0.15) is 19.4 Å². The van der Waals surface area contributed by atoms with Crippen molar-refractivity contribution in [3.05, 3.63) is 54.1 Å². The largest absolute Gasteiger partial charge is 0.369 e. The van der Waals surface area contributed by atoms with Gasteiger partial charge in [0.1, 0.15) is 5.71 Å². The number of nitrogens with zero attached hydrogens (tertiary/aromatic N) is 4. The summed E-state index contributed by atoms with van der Waals surface area (Å²) in [6.07, 6.45) is 0. The summed E-state index contributed by atoms with van der Waals surface area (Å²) in [5.41, 5.74) is 23.9. The molecular formula is C20H25N11O2. The maximum absolute atomic E-state index is 12.2. The lowest BCUT2D eigenvalue weighted by Crippen LogP contribution is -2.23. The molecule has 0 heterocycles. The molecule has 13 heteroatoms. The molecule has 0 atom stereocenters. The molecule has 33 heavy (non-hydrogen) atoms. The van der Waals surface area contributed by atoms with Crippen molar-refractivity contribution in [1.82, 2.24) is 0 Å². The van der Waals surface area contributed by atoms with E-state index in [1.54, 1.807) is 55.5 Å². The number of rotatable bonds is 7. The Hall–Kier alpha value is -4.94. The van der Waals surface area contributed by atoms with E-state index >= 15 is 0 Å². The van der Waals surface area contributed by atoms with Crippen LogP contribution < -0.4 is 38.9 Å². The van der Waals surface area contributed by atoms with Gasteiger partial charge in [-0.2, -0.15) is 5.10 Å². The van der Waals surface area contributed by atoms with Crippen LogP contribution in [-0.2, 0) is 4.79 Å². The number of benzene rings is 2. The van der Waals surface area contributed by atoms with Crippen LogP contribution in [0.25, 0.3) is 0 Å². The number of hydrogen-bond donors (Lipinski definition) is 7. The Kier molecular flexibility index (Phi) is 8.44. The molecule has 2 aromatic rings. The second-order valence-corrected chi connectivity index (χ2v) is 6.61. The quantitative estimate of drug-likeness (QED) is 0.184. The molecule has 172 valence electrons. The molecule has 0 aliphatic rings. The first kappa shape index (κ1) is 24.3. The number of amides is 3. The summed E-state index contributed by atoms with van der Waals surface area (Å²) in [4.78, 5) is 24.3. The van der Waals surface area contributed by atoms with Crippen molar-refractivity contribution >= 4 is 52.3 Å². The molecule has 0 saturated carbocycles. The molecule has 11 N–H and O–H groups in total. The molecule has 2 aromatic carbocycles. The van der Waals surface area contributed by atoms with Crippen LogP contribution in [0.2, 0.25) is 0 Å². The summed E-state index contributed by atoms with van der Waals surface area (Å²) in [6.45, 7) is 3.22. The first-order valence-corrected chi connectivity index (χ1v) is 9.50. The van der Waals surface area contributed by atoms with Crippen molar-refractivity contribution in [3.63, 3.8) is 0 Å². The number of anilines is 3. The number of nitrogens with two attached hydrogens (primary N) is 4. The van der Waals surface area contributed by atoms with Crippen LogP contribution >= 0.6 is 0 Å². The number of hydrogen-bond acceptors (Lipinski definition) is 6. The zero-order valence-electron chi connectivity index (χ0n) is 18.0. The van der Waals surface area contributed by atoms with Gasteiger partial charge in [0.15, 0.2) is 0 Å². The average molecular weight is 451 g/mol. The molecule has 0 radical (unpaired) electrons. The topological polar surface area (TPSA) is 224 Å². The van der Waals surface area contributed by atoms with Gasteiger partial charge in [-0.25, -0.2) is 4.79 Å². The normalized spacial score (nSPS) is 11.2. The fraction of sp³-hybridized carbons (Fsp3) is 0.100.